The maximum absolute atomic E-state index is 13.2. The maximum Gasteiger partial charge on any atom is 0.275 e. The lowest BCUT2D eigenvalue weighted by Gasteiger charge is -2.24. The third kappa shape index (κ3) is 3.29. The number of fused-ring (bicyclic) bond motifs is 1. The Morgan fingerprint density at radius 3 is 2.72 bits per heavy atom. The van der Waals surface area contributed by atoms with Gasteiger partial charge in [0, 0.05) is 29.8 Å². The predicted octanol–water partition coefficient (Wildman–Crippen LogP) is 4.96. The summed E-state index contributed by atoms with van der Waals surface area (Å²) in [7, 11) is 0. The van der Waals surface area contributed by atoms with E-state index in [1.54, 1.807) is 18.5 Å². The van der Waals surface area contributed by atoms with Crippen molar-refractivity contribution in [1.82, 2.24) is 9.55 Å². The Hall–Kier alpha value is -3.76. The van der Waals surface area contributed by atoms with Crippen LogP contribution in [0.3, 0.4) is 0 Å². The van der Waals surface area contributed by atoms with Crippen LogP contribution in [0.15, 0.2) is 58.1 Å². The number of Topliss-reactive ketones (excluding diaryl/α,β-unsaturated/α-hetero) is 1. The summed E-state index contributed by atoms with van der Waals surface area (Å²) in [5.74, 6) is 0.439. The number of nitrogens with zero attached hydrogens (tertiary/aromatic N) is 3. The zero-order valence-corrected chi connectivity index (χ0v) is 18.4. The van der Waals surface area contributed by atoms with E-state index in [4.69, 9.17) is 4.42 Å². The fourth-order valence-electron chi connectivity index (χ4n) is 4.14. The number of hydrogen-bond donors (Lipinski definition) is 0. The number of hydrogen-bond acceptors (Lipinski definition) is 6. The lowest BCUT2D eigenvalue weighted by atomic mass is 9.84. The topological polar surface area (TPSA) is 88.9 Å². The molecule has 3 heterocycles. The molecule has 32 heavy (non-hydrogen) atoms. The largest absolute Gasteiger partial charge is 0.469 e. The summed E-state index contributed by atoms with van der Waals surface area (Å²) >= 11 is 1.37. The fraction of sp³-hybridized carbons (Fsp3) is 0.200. The van der Waals surface area contributed by atoms with Gasteiger partial charge in [-0.05, 0) is 55.2 Å². The van der Waals surface area contributed by atoms with E-state index in [1.165, 1.54) is 33.1 Å². The molecule has 1 aliphatic carbocycles. The van der Waals surface area contributed by atoms with E-state index in [0.717, 1.165) is 10.4 Å². The van der Waals surface area contributed by atoms with Gasteiger partial charge < -0.3 is 4.42 Å². The van der Waals surface area contributed by atoms with Crippen molar-refractivity contribution in [3.63, 3.8) is 0 Å². The van der Waals surface area contributed by atoms with Crippen LogP contribution in [0.5, 0.6) is 0 Å². The second-order valence-electron chi connectivity index (χ2n) is 8.02. The van der Waals surface area contributed by atoms with Gasteiger partial charge in [-0.3, -0.25) is 14.2 Å². The molecule has 0 N–H and O–H groups in total. The van der Waals surface area contributed by atoms with Crippen molar-refractivity contribution in [3.05, 3.63) is 92.9 Å². The highest BCUT2D eigenvalue weighted by Gasteiger charge is 2.32. The van der Waals surface area contributed by atoms with E-state index in [-0.39, 0.29) is 23.7 Å². The molecule has 7 heteroatoms. The van der Waals surface area contributed by atoms with Gasteiger partial charge in [0.05, 0.1) is 11.1 Å². The minimum Gasteiger partial charge on any atom is -0.469 e. The third-order valence-electron chi connectivity index (χ3n) is 6.02. The SMILES string of the molecule is Cc1ccc(-c2cnc(-n3c4c(cc(C#N)c3=O)C(=O)C[C@@H](c3ccco3)C4)s2)cc1C. The first-order valence-corrected chi connectivity index (χ1v) is 11.1. The van der Waals surface area contributed by atoms with Crippen LogP contribution in [0, 0.1) is 25.2 Å². The van der Waals surface area contributed by atoms with Crippen molar-refractivity contribution in [3.8, 4) is 21.6 Å². The van der Waals surface area contributed by atoms with Crippen LogP contribution in [0.1, 0.15) is 50.8 Å². The number of furan rings is 1. The molecule has 0 aliphatic heterocycles. The molecule has 5 rings (SSSR count). The molecule has 158 valence electrons. The van der Waals surface area contributed by atoms with E-state index in [9.17, 15) is 14.9 Å². The first kappa shape index (κ1) is 20.2. The highest BCUT2D eigenvalue weighted by molar-refractivity contribution is 7.17. The monoisotopic (exact) mass is 441 g/mol. The van der Waals surface area contributed by atoms with Gasteiger partial charge in [-0.25, -0.2) is 4.98 Å². The predicted molar refractivity (Wildman–Crippen MR) is 121 cm³/mol. The number of carbonyl (C=O) groups excluding carboxylic acids is 1. The van der Waals surface area contributed by atoms with Gasteiger partial charge in [0.1, 0.15) is 17.4 Å². The number of nitriles is 1. The molecule has 1 aromatic carbocycles. The van der Waals surface area contributed by atoms with Crippen molar-refractivity contribution in [2.24, 2.45) is 0 Å². The highest BCUT2D eigenvalue weighted by Crippen LogP contribution is 2.35. The standard InChI is InChI=1S/C25H19N3O3S/c1-14-5-6-16(8-15(14)2)23-13-27-25(32-23)28-20-10-17(22-4-3-7-31-22)11-21(29)19(20)9-18(12-26)24(28)30/h3-9,13,17H,10-11H2,1-2H3/t17-/m0/s1. The van der Waals surface area contributed by atoms with Crippen molar-refractivity contribution < 1.29 is 9.21 Å². The summed E-state index contributed by atoms with van der Waals surface area (Å²) in [6, 6.07) is 13.2. The number of thiazole rings is 1. The van der Waals surface area contributed by atoms with E-state index in [1.807, 2.05) is 18.2 Å². The fourth-order valence-corrected chi connectivity index (χ4v) is 5.08. The minimum absolute atomic E-state index is 0.0588. The molecule has 1 aliphatic rings. The second-order valence-corrected chi connectivity index (χ2v) is 9.03. The molecule has 0 bridgehead atoms. The van der Waals surface area contributed by atoms with Crippen molar-refractivity contribution in [1.29, 1.82) is 5.26 Å². The Morgan fingerprint density at radius 1 is 1.16 bits per heavy atom. The van der Waals surface area contributed by atoms with Crippen LogP contribution in [0.25, 0.3) is 15.6 Å². The number of aryl methyl sites for hydroxylation is 2. The molecular weight excluding hydrogens is 422 g/mol. The second kappa shape index (κ2) is 7.74. The maximum atomic E-state index is 13.2. The van der Waals surface area contributed by atoms with E-state index >= 15 is 0 Å². The van der Waals surface area contributed by atoms with Gasteiger partial charge in [-0.1, -0.05) is 29.5 Å². The molecule has 0 radical (unpaired) electrons. The zero-order chi connectivity index (χ0) is 22.4. The van der Waals surface area contributed by atoms with Crippen LogP contribution in [-0.4, -0.2) is 15.3 Å². The Balaban J connectivity index is 1.66. The van der Waals surface area contributed by atoms with Crippen LogP contribution in [0.4, 0.5) is 0 Å². The molecule has 0 saturated heterocycles. The summed E-state index contributed by atoms with van der Waals surface area (Å²) < 4.78 is 6.98. The van der Waals surface area contributed by atoms with E-state index in [0.29, 0.717) is 28.6 Å². The molecular formula is C25H19N3O3S. The number of benzene rings is 1. The van der Waals surface area contributed by atoms with E-state index < -0.39 is 5.56 Å². The summed E-state index contributed by atoms with van der Waals surface area (Å²) in [5, 5.41) is 9.96. The third-order valence-corrected chi connectivity index (χ3v) is 7.05. The first-order valence-electron chi connectivity index (χ1n) is 10.3. The smallest absolute Gasteiger partial charge is 0.275 e. The van der Waals surface area contributed by atoms with Crippen LogP contribution < -0.4 is 5.56 Å². The van der Waals surface area contributed by atoms with Gasteiger partial charge in [-0.15, -0.1) is 0 Å². The highest BCUT2D eigenvalue weighted by atomic mass is 32.1. The Kier molecular flexibility index (Phi) is 4.87. The molecule has 4 aromatic rings. The van der Waals surface area contributed by atoms with Crippen LogP contribution in [0.2, 0.25) is 0 Å². The molecule has 0 fully saturated rings. The lowest BCUT2D eigenvalue weighted by Crippen LogP contribution is -2.31. The molecule has 0 saturated carbocycles. The van der Waals surface area contributed by atoms with Crippen LogP contribution in [-0.2, 0) is 6.42 Å². The average Bonchev–Trinajstić information content (AvgIpc) is 3.48. The summed E-state index contributed by atoms with van der Waals surface area (Å²) in [5.41, 5.74) is 3.86. The van der Waals surface area contributed by atoms with Crippen LogP contribution >= 0.6 is 11.3 Å². The van der Waals surface area contributed by atoms with E-state index in [2.05, 4.69) is 31.0 Å². The number of carbonyl (C=O) groups is 1. The Labute approximate surface area is 188 Å². The molecule has 0 amide bonds. The van der Waals surface area contributed by atoms with Gasteiger partial charge >= 0.3 is 0 Å². The molecule has 0 spiro atoms. The molecule has 0 unspecified atom stereocenters. The normalized spacial score (nSPS) is 15.4. The molecule has 6 nitrogen and oxygen atoms in total. The van der Waals surface area contributed by atoms with Crippen molar-refractivity contribution in [2.75, 3.05) is 0 Å². The van der Waals surface area contributed by atoms with Gasteiger partial charge in [0.15, 0.2) is 10.9 Å². The van der Waals surface area contributed by atoms with Crippen molar-refractivity contribution in [2.45, 2.75) is 32.6 Å². The summed E-state index contributed by atoms with van der Waals surface area (Å²) in [6.45, 7) is 4.11. The number of rotatable bonds is 3. The van der Waals surface area contributed by atoms with Gasteiger partial charge in [0.25, 0.3) is 5.56 Å². The Morgan fingerprint density at radius 2 is 2.00 bits per heavy atom. The number of aromatic nitrogens is 2. The van der Waals surface area contributed by atoms with Crippen molar-refractivity contribution >= 4 is 17.1 Å². The minimum atomic E-state index is -0.458. The Bertz CT molecular complexity index is 1450. The summed E-state index contributed by atoms with van der Waals surface area (Å²) in [4.78, 5) is 31.6. The first-order chi connectivity index (χ1) is 15.5. The molecule has 3 aromatic heterocycles. The average molecular weight is 442 g/mol. The summed E-state index contributed by atoms with van der Waals surface area (Å²) in [6.07, 6.45) is 4.04. The lowest BCUT2D eigenvalue weighted by molar-refractivity contribution is 0.0958. The quantitative estimate of drug-likeness (QED) is 0.449. The number of pyridine rings is 1. The zero-order valence-electron chi connectivity index (χ0n) is 17.6. The number of ketones is 1. The van der Waals surface area contributed by atoms with Gasteiger partial charge in [0.2, 0.25) is 0 Å². The molecule has 1 atom stereocenters. The van der Waals surface area contributed by atoms with Gasteiger partial charge in [-0.2, -0.15) is 5.26 Å².